The quantitative estimate of drug-likeness (QED) is 0.841. The molecule has 0 radical (unpaired) electrons. The highest BCUT2D eigenvalue weighted by molar-refractivity contribution is 6.30. The summed E-state index contributed by atoms with van der Waals surface area (Å²) in [5, 5.41) is 0.629. The number of ether oxygens (including phenoxy) is 1. The maximum absolute atomic E-state index is 12.6. The van der Waals surface area contributed by atoms with Crippen LogP contribution < -0.4 is 4.74 Å². The molecule has 3 fully saturated rings. The first-order valence-corrected chi connectivity index (χ1v) is 9.47. The first kappa shape index (κ1) is 16.2. The van der Waals surface area contributed by atoms with Gasteiger partial charge in [-0.1, -0.05) is 24.1 Å². The van der Waals surface area contributed by atoms with Gasteiger partial charge in [0, 0.05) is 30.7 Å². The molecule has 4 nitrogen and oxygen atoms in total. The number of piperidine rings is 3. The summed E-state index contributed by atoms with van der Waals surface area (Å²) in [5.74, 6) is 2.04. The maximum Gasteiger partial charge on any atom is 0.260 e. The number of carbonyl (C=O) groups excluding carboxylic acids is 1. The van der Waals surface area contributed by atoms with E-state index in [0.29, 0.717) is 28.6 Å². The van der Waals surface area contributed by atoms with Gasteiger partial charge in [-0.25, -0.2) is 0 Å². The second-order valence-electron chi connectivity index (χ2n) is 7.46. The van der Waals surface area contributed by atoms with Crippen LogP contribution in [0.25, 0.3) is 0 Å². The number of carbonyl (C=O) groups is 1. The molecule has 3 aliphatic rings. The van der Waals surface area contributed by atoms with Crippen LogP contribution in [0.5, 0.6) is 5.75 Å². The summed E-state index contributed by atoms with van der Waals surface area (Å²) in [4.78, 5) is 17.3. The zero-order valence-corrected chi connectivity index (χ0v) is 14.8. The van der Waals surface area contributed by atoms with E-state index in [1.165, 1.54) is 38.8 Å². The Bertz CT molecular complexity index is 609. The fourth-order valence-electron chi connectivity index (χ4n) is 4.76. The minimum atomic E-state index is 0.105. The number of likely N-dealkylation sites (tertiary alicyclic amines) is 1. The van der Waals surface area contributed by atoms with Crippen molar-refractivity contribution in [2.45, 2.75) is 31.7 Å². The van der Waals surface area contributed by atoms with Crippen LogP contribution in [0.2, 0.25) is 5.02 Å². The van der Waals surface area contributed by atoms with Crippen LogP contribution in [0.15, 0.2) is 24.3 Å². The van der Waals surface area contributed by atoms with Crippen LogP contribution in [0.3, 0.4) is 0 Å². The van der Waals surface area contributed by atoms with Crippen LogP contribution in [0.1, 0.15) is 25.7 Å². The molecule has 0 spiro atoms. The Morgan fingerprint density at radius 3 is 3.04 bits per heavy atom. The average molecular weight is 349 g/mol. The first-order valence-electron chi connectivity index (χ1n) is 9.09. The predicted octanol–water partition coefficient (Wildman–Crippen LogP) is 3.05. The Morgan fingerprint density at radius 1 is 1.25 bits per heavy atom. The van der Waals surface area contributed by atoms with Crippen LogP contribution >= 0.6 is 11.6 Å². The highest BCUT2D eigenvalue weighted by Gasteiger charge is 2.42. The fourth-order valence-corrected chi connectivity index (χ4v) is 4.94. The number of hydrogen-bond acceptors (Lipinski definition) is 3. The Morgan fingerprint density at radius 2 is 2.17 bits per heavy atom. The van der Waals surface area contributed by atoms with E-state index in [-0.39, 0.29) is 12.5 Å². The maximum atomic E-state index is 12.6. The number of rotatable bonds is 3. The number of fused-ring (bicyclic) bond motifs is 4. The lowest BCUT2D eigenvalue weighted by Crippen LogP contribution is -2.60. The van der Waals surface area contributed by atoms with Gasteiger partial charge in [0.1, 0.15) is 5.75 Å². The minimum absolute atomic E-state index is 0.105. The Hall–Kier alpha value is -1.26. The third-order valence-corrected chi connectivity index (χ3v) is 6.02. The molecule has 0 aromatic heterocycles. The zero-order valence-electron chi connectivity index (χ0n) is 14.0. The van der Waals surface area contributed by atoms with Crippen molar-refractivity contribution >= 4 is 17.5 Å². The molecule has 3 atom stereocenters. The number of benzene rings is 1. The number of amides is 1. The molecule has 1 aromatic rings. The molecule has 2 bridgehead atoms. The third-order valence-electron chi connectivity index (χ3n) is 5.78. The molecular formula is C19H25ClN2O2. The molecule has 0 N–H and O–H groups in total. The van der Waals surface area contributed by atoms with E-state index in [0.717, 1.165) is 13.1 Å². The van der Waals surface area contributed by atoms with Crippen molar-refractivity contribution in [3.05, 3.63) is 29.3 Å². The standard InChI is InChI=1S/C19H25ClN2O2/c20-16-4-3-5-17(9-16)24-13-19(23)22-11-14-8-15(12-22)18-6-1-2-7-21(18)10-14/h3-5,9,14-15,18H,1-2,6-8,10-13H2/t14-,15-,18+/m1/s1. The second kappa shape index (κ2) is 6.93. The van der Waals surface area contributed by atoms with Crippen molar-refractivity contribution in [2.75, 3.05) is 32.8 Å². The topological polar surface area (TPSA) is 32.8 Å². The lowest BCUT2D eigenvalue weighted by atomic mass is 9.76. The monoisotopic (exact) mass is 348 g/mol. The molecule has 0 aliphatic carbocycles. The molecule has 24 heavy (non-hydrogen) atoms. The molecular weight excluding hydrogens is 324 g/mol. The second-order valence-corrected chi connectivity index (χ2v) is 7.90. The van der Waals surface area contributed by atoms with Crippen LogP contribution in [-0.4, -0.2) is 54.5 Å². The number of hydrogen-bond donors (Lipinski definition) is 0. The molecule has 3 saturated heterocycles. The van der Waals surface area contributed by atoms with E-state index in [1.54, 1.807) is 12.1 Å². The van der Waals surface area contributed by atoms with Crippen molar-refractivity contribution in [1.29, 1.82) is 0 Å². The SMILES string of the molecule is O=C(COc1cccc(Cl)c1)N1C[C@@H]2C[C@H](C1)[C@@H]1CCCCN1C2. The van der Waals surface area contributed by atoms with Gasteiger partial charge in [0.25, 0.3) is 5.91 Å². The molecule has 3 heterocycles. The molecule has 130 valence electrons. The largest absolute Gasteiger partial charge is 0.484 e. The van der Waals surface area contributed by atoms with E-state index >= 15 is 0 Å². The molecule has 4 rings (SSSR count). The lowest BCUT2D eigenvalue weighted by Gasteiger charge is -2.52. The summed E-state index contributed by atoms with van der Waals surface area (Å²) in [6, 6.07) is 7.92. The third kappa shape index (κ3) is 3.40. The van der Waals surface area contributed by atoms with E-state index in [9.17, 15) is 4.79 Å². The Kier molecular flexibility index (Phi) is 4.68. The van der Waals surface area contributed by atoms with Gasteiger partial charge in [0.05, 0.1) is 0 Å². The van der Waals surface area contributed by atoms with Crippen molar-refractivity contribution in [3.63, 3.8) is 0 Å². The average Bonchev–Trinajstić information content (AvgIpc) is 2.59. The highest BCUT2D eigenvalue weighted by Crippen LogP contribution is 2.37. The molecule has 1 amide bonds. The minimum Gasteiger partial charge on any atom is -0.484 e. The normalized spacial score (nSPS) is 29.9. The molecule has 0 unspecified atom stereocenters. The summed E-state index contributed by atoms with van der Waals surface area (Å²) < 4.78 is 5.64. The van der Waals surface area contributed by atoms with Crippen LogP contribution in [0, 0.1) is 11.8 Å². The summed E-state index contributed by atoms with van der Waals surface area (Å²) in [5.41, 5.74) is 0. The summed E-state index contributed by atoms with van der Waals surface area (Å²) in [6.45, 7) is 4.31. The Balaban J connectivity index is 1.36. The predicted molar refractivity (Wildman–Crippen MR) is 94.3 cm³/mol. The van der Waals surface area contributed by atoms with Crippen molar-refractivity contribution < 1.29 is 9.53 Å². The van der Waals surface area contributed by atoms with Gasteiger partial charge in [-0.2, -0.15) is 0 Å². The van der Waals surface area contributed by atoms with Gasteiger partial charge in [-0.05, 0) is 55.8 Å². The van der Waals surface area contributed by atoms with Gasteiger partial charge >= 0.3 is 0 Å². The first-order chi connectivity index (χ1) is 11.7. The number of halogens is 1. The molecule has 3 aliphatic heterocycles. The van der Waals surface area contributed by atoms with E-state index < -0.39 is 0 Å². The highest BCUT2D eigenvalue weighted by atomic mass is 35.5. The summed E-state index contributed by atoms with van der Waals surface area (Å²) in [7, 11) is 0. The summed E-state index contributed by atoms with van der Waals surface area (Å²) >= 11 is 5.96. The van der Waals surface area contributed by atoms with Crippen LogP contribution in [0.4, 0.5) is 0 Å². The molecule has 5 heteroatoms. The lowest BCUT2D eigenvalue weighted by molar-refractivity contribution is -0.139. The van der Waals surface area contributed by atoms with Gasteiger partial charge < -0.3 is 9.64 Å². The number of nitrogens with zero attached hydrogens (tertiary/aromatic N) is 2. The van der Waals surface area contributed by atoms with Gasteiger partial charge in [0.2, 0.25) is 0 Å². The zero-order chi connectivity index (χ0) is 16.5. The summed E-state index contributed by atoms with van der Waals surface area (Å²) in [6.07, 6.45) is 5.28. The van der Waals surface area contributed by atoms with E-state index in [4.69, 9.17) is 16.3 Å². The van der Waals surface area contributed by atoms with Crippen molar-refractivity contribution in [3.8, 4) is 5.75 Å². The molecule has 0 saturated carbocycles. The van der Waals surface area contributed by atoms with Crippen molar-refractivity contribution in [2.24, 2.45) is 11.8 Å². The molecule has 1 aromatic carbocycles. The Labute approximate surface area is 148 Å². The van der Waals surface area contributed by atoms with Crippen molar-refractivity contribution in [1.82, 2.24) is 9.80 Å². The van der Waals surface area contributed by atoms with Gasteiger partial charge in [0.15, 0.2) is 6.61 Å². The van der Waals surface area contributed by atoms with E-state index in [2.05, 4.69) is 4.90 Å². The smallest absolute Gasteiger partial charge is 0.260 e. The fraction of sp³-hybridized carbons (Fsp3) is 0.632. The van der Waals surface area contributed by atoms with E-state index in [1.807, 2.05) is 17.0 Å². The van der Waals surface area contributed by atoms with Crippen LogP contribution in [-0.2, 0) is 4.79 Å². The van der Waals surface area contributed by atoms with Gasteiger partial charge in [-0.3, -0.25) is 9.69 Å². The van der Waals surface area contributed by atoms with Gasteiger partial charge in [-0.15, -0.1) is 0 Å².